The van der Waals surface area contributed by atoms with Gasteiger partial charge < -0.3 is 14.8 Å². The molecular formula is C21H18Cl2N2O4S. The molecule has 2 aromatic rings. The van der Waals surface area contributed by atoms with Gasteiger partial charge in [0.05, 0.1) is 16.5 Å². The standard InChI is InChI=1S/C21H18Cl2N2O4S/c1-3-28-17-9-14(10-18-20(27)25-21(30-18)24-12(2)26)8-16(23)19(17)29-11-13-4-6-15(22)7-5-13/h4-10H,3,11H2,1-2H3,(H,24,25,26,27)/b18-10+. The van der Waals surface area contributed by atoms with E-state index in [0.717, 1.165) is 17.3 Å². The van der Waals surface area contributed by atoms with Gasteiger partial charge in [-0.1, -0.05) is 35.3 Å². The Bertz CT molecular complexity index is 1040. The molecule has 6 nitrogen and oxygen atoms in total. The Morgan fingerprint density at radius 2 is 1.93 bits per heavy atom. The molecule has 1 heterocycles. The molecule has 0 unspecified atom stereocenters. The monoisotopic (exact) mass is 464 g/mol. The lowest BCUT2D eigenvalue weighted by molar-refractivity contribution is -0.117. The normalized spacial score (nSPS) is 14.6. The molecule has 2 aromatic carbocycles. The van der Waals surface area contributed by atoms with E-state index in [1.165, 1.54) is 6.92 Å². The van der Waals surface area contributed by atoms with Crippen LogP contribution in [0.4, 0.5) is 0 Å². The Morgan fingerprint density at radius 3 is 2.60 bits per heavy atom. The molecule has 1 aliphatic heterocycles. The lowest BCUT2D eigenvalue weighted by Crippen LogP contribution is -2.23. The lowest BCUT2D eigenvalue weighted by atomic mass is 10.1. The summed E-state index contributed by atoms with van der Waals surface area (Å²) in [6.45, 7) is 3.91. The number of thioether (sulfide) groups is 1. The van der Waals surface area contributed by atoms with E-state index in [0.29, 0.717) is 45.2 Å². The summed E-state index contributed by atoms with van der Waals surface area (Å²) >= 11 is 13.4. The van der Waals surface area contributed by atoms with Crippen LogP contribution in [0, 0.1) is 0 Å². The maximum absolute atomic E-state index is 12.1. The average Bonchev–Trinajstić information content (AvgIpc) is 3.01. The zero-order chi connectivity index (χ0) is 21.7. The van der Waals surface area contributed by atoms with Crippen molar-refractivity contribution in [1.82, 2.24) is 5.32 Å². The van der Waals surface area contributed by atoms with Crippen molar-refractivity contribution in [3.8, 4) is 11.5 Å². The fourth-order valence-electron chi connectivity index (χ4n) is 2.57. The van der Waals surface area contributed by atoms with Gasteiger partial charge in [-0.05, 0) is 60.2 Å². The van der Waals surface area contributed by atoms with Gasteiger partial charge in [0.1, 0.15) is 6.61 Å². The zero-order valence-electron chi connectivity index (χ0n) is 16.2. The van der Waals surface area contributed by atoms with Gasteiger partial charge in [0.15, 0.2) is 16.7 Å². The van der Waals surface area contributed by atoms with Gasteiger partial charge in [-0.3, -0.25) is 9.59 Å². The molecular weight excluding hydrogens is 447 g/mol. The van der Waals surface area contributed by atoms with Crippen LogP contribution in [0.2, 0.25) is 10.0 Å². The number of hydrogen-bond acceptors (Lipinski definition) is 5. The third-order valence-electron chi connectivity index (χ3n) is 3.83. The number of carbonyl (C=O) groups is 2. The Labute approximate surface area is 188 Å². The van der Waals surface area contributed by atoms with Crippen molar-refractivity contribution in [2.24, 2.45) is 4.99 Å². The summed E-state index contributed by atoms with van der Waals surface area (Å²) in [6.07, 6.45) is 1.64. The summed E-state index contributed by atoms with van der Waals surface area (Å²) in [4.78, 5) is 27.4. The van der Waals surface area contributed by atoms with Crippen molar-refractivity contribution in [1.29, 1.82) is 0 Å². The number of aliphatic imine (C=N–C) groups is 1. The Kier molecular flexibility index (Phi) is 7.42. The van der Waals surface area contributed by atoms with Crippen LogP contribution in [0.1, 0.15) is 25.0 Å². The fraction of sp³-hybridized carbons (Fsp3) is 0.190. The maximum atomic E-state index is 12.1. The first kappa shape index (κ1) is 22.2. The minimum atomic E-state index is -0.430. The molecule has 30 heavy (non-hydrogen) atoms. The first-order valence-electron chi connectivity index (χ1n) is 8.99. The van der Waals surface area contributed by atoms with E-state index < -0.39 is 5.91 Å². The highest BCUT2D eigenvalue weighted by atomic mass is 35.5. The summed E-state index contributed by atoms with van der Waals surface area (Å²) in [5.41, 5.74) is 1.58. The molecule has 3 rings (SSSR count). The molecule has 0 spiro atoms. The quantitative estimate of drug-likeness (QED) is 0.603. The highest BCUT2D eigenvalue weighted by Crippen LogP contribution is 2.39. The smallest absolute Gasteiger partial charge is 0.286 e. The average molecular weight is 465 g/mol. The SMILES string of the molecule is CCOc1cc(/C=C2/SC(NC(C)=O)=NC2=O)cc(Cl)c1OCc1ccc(Cl)cc1. The summed E-state index contributed by atoms with van der Waals surface area (Å²) in [5.74, 6) is 0.153. The second-order valence-corrected chi connectivity index (χ2v) is 8.07. The van der Waals surface area contributed by atoms with E-state index in [-0.39, 0.29) is 11.1 Å². The van der Waals surface area contributed by atoms with Crippen molar-refractivity contribution in [2.45, 2.75) is 20.5 Å². The van der Waals surface area contributed by atoms with Gasteiger partial charge in [0, 0.05) is 11.9 Å². The number of amides is 2. The summed E-state index contributed by atoms with van der Waals surface area (Å²) in [7, 11) is 0. The number of ether oxygens (including phenoxy) is 2. The molecule has 1 N–H and O–H groups in total. The number of benzene rings is 2. The van der Waals surface area contributed by atoms with Crippen LogP contribution in [0.5, 0.6) is 11.5 Å². The maximum Gasteiger partial charge on any atom is 0.286 e. The first-order valence-corrected chi connectivity index (χ1v) is 10.6. The van der Waals surface area contributed by atoms with Crippen LogP contribution in [0.15, 0.2) is 46.3 Å². The fourth-order valence-corrected chi connectivity index (χ4v) is 3.83. The minimum absolute atomic E-state index is 0.248. The van der Waals surface area contributed by atoms with E-state index in [1.54, 1.807) is 30.3 Å². The zero-order valence-corrected chi connectivity index (χ0v) is 18.5. The molecule has 1 aliphatic rings. The molecule has 2 amide bonds. The molecule has 9 heteroatoms. The van der Waals surface area contributed by atoms with Crippen molar-refractivity contribution in [3.63, 3.8) is 0 Å². The van der Waals surface area contributed by atoms with Gasteiger partial charge in [-0.2, -0.15) is 4.99 Å². The van der Waals surface area contributed by atoms with Crippen LogP contribution in [0.3, 0.4) is 0 Å². The van der Waals surface area contributed by atoms with Crippen LogP contribution in [0.25, 0.3) is 6.08 Å². The Morgan fingerprint density at radius 1 is 1.20 bits per heavy atom. The number of amidine groups is 1. The minimum Gasteiger partial charge on any atom is -0.490 e. The number of hydrogen-bond donors (Lipinski definition) is 1. The van der Waals surface area contributed by atoms with Crippen LogP contribution >= 0.6 is 35.0 Å². The molecule has 0 bridgehead atoms. The second-order valence-electron chi connectivity index (χ2n) is 6.19. The molecule has 0 aliphatic carbocycles. The number of rotatable bonds is 6. The number of nitrogens with zero attached hydrogens (tertiary/aromatic N) is 1. The van der Waals surface area contributed by atoms with Crippen LogP contribution < -0.4 is 14.8 Å². The van der Waals surface area contributed by atoms with E-state index in [9.17, 15) is 9.59 Å². The van der Waals surface area contributed by atoms with Crippen molar-refractivity contribution < 1.29 is 19.1 Å². The number of nitrogens with one attached hydrogen (secondary N) is 1. The summed E-state index contributed by atoms with van der Waals surface area (Å²) in [6, 6.07) is 10.7. The molecule has 0 radical (unpaired) electrons. The van der Waals surface area contributed by atoms with E-state index >= 15 is 0 Å². The lowest BCUT2D eigenvalue weighted by Gasteiger charge is -2.15. The number of carbonyl (C=O) groups excluding carboxylic acids is 2. The topological polar surface area (TPSA) is 77.0 Å². The van der Waals surface area contributed by atoms with Crippen LogP contribution in [-0.2, 0) is 16.2 Å². The third kappa shape index (κ3) is 5.78. The summed E-state index contributed by atoms with van der Waals surface area (Å²) < 4.78 is 11.6. The van der Waals surface area contributed by atoms with Gasteiger partial charge in [-0.15, -0.1) is 0 Å². The van der Waals surface area contributed by atoms with E-state index in [2.05, 4.69) is 10.3 Å². The molecule has 0 fully saturated rings. The van der Waals surface area contributed by atoms with Crippen molar-refractivity contribution in [3.05, 3.63) is 62.5 Å². The van der Waals surface area contributed by atoms with Gasteiger partial charge >= 0.3 is 0 Å². The van der Waals surface area contributed by atoms with Gasteiger partial charge in [0.2, 0.25) is 5.91 Å². The van der Waals surface area contributed by atoms with Gasteiger partial charge in [-0.25, -0.2) is 0 Å². The van der Waals surface area contributed by atoms with E-state index in [4.69, 9.17) is 32.7 Å². The highest BCUT2D eigenvalue weighted by Gasteiger charge is 2.23. The molecule has 0 saturated heterocycles. The molecule has 156 valence electrons. The number of halogens is 2. The third-order valence-corrected chi connectivity index (χ3v) is 5.26. The van der Waals surface area contributed by atoms with Crippen molar-refractivity contribution >= 4 is 58.0 Å². The molecule has 0 saturated carbocycles. The van der Waals surface area contributed by atoms with Gasteiger partial charge in [0.25, 0.3) is 5.91 Å². The first-order chi connectivity index (χ1) is 14.4. The molecule has 0 atom stereocenters. The largest absolute Gasteiger partial charge is 0.490 e. The Hall–Kier alpha value is -2.48. The van der Waals surface area contributed by atoms with E-state index in [1.807, 2.05) is 19.1 Å². The highest BCUT2D eigenvalue weighted by molar-refractivity contribution is 8.18. The summed E-state index contributed by atoms with van der Waals surface area (Å²) in [5, 5.41) is 3.75. The molecule has 0 aromatic heterocycles. The second kappa shape index (κ2) is 10.0. The predicted molar refractivity (Wildman–Crippen MR) is 120 cm³/mol. The van der Waals surface area contributed by atoms with Crippen molar-refractivity contribution in [2.75, 3.05) is 6.61 Å². The van der Waals surface area contributed by atoms with Crippen LogP contribution in [-0.4, -0.2) is 23.6 Å². The predicted octanol–water partition coefficient (Wildman–Crippen LogP) is 5.08. The Balaban J connectivity index is 1.81.